The summed E-state index contributed by atoms with van der Waals surface area (Å²) in [5.74, 6) is -0.239. The normalized spacial score (nSPS) is 11.9. The van der Waals surface area contributed by atoms with Gasteiger partial charge in [0.05, 0.1) is 24.3 Å². The molecule has 11 heteroatoms. The van der Waals surface area contributed by atoms with Crippen LogP contribution in [0.25, 0.3) is 11.2 Å². The number of rotatable bonds is 6. The molecular weight excluding hydrogens is 360 g/mol. The number of nitrogens with zero attached hydrogens (tertiary/aromatic N) is 5. The second-order valence-electron chi connectivity index (χ2n) is 5.78. The maximum absolute atomic E-state index is 12.3. The van der Waals surface area contributed by atoms with E-state index in [0.29, 0.717) is 5.69 Å². The average Bonchev–Trinajstić information content (AvgIpc) is 3.06. The Hall–Kier alpha value is -2.79. The first kappa shape index (κ1) is 18.0. The summed E-state index contributed by atoms with van der Waals surface area (Å²) < 4.78 is 30.5. The van der Waals surface area contributed by atoms with Crippen LogP contribution in [0.5, 0.6) is 0 Å². The molecule has 0 fully saturated rings. The molecule has 0 atom stereocenters. The van der Waals surface area contributed by atoms with Crippen molar-refractivity contribution in [2.45, 2.75) is 13.1 Å². The molecule has 0 spiro atoms. The summed E-state index contributed by atoms with van der Waals surface area (Å²) in [5, 5.41) is 0. The molecule has 3 heterocycles. The topological polar surface area (TPSA) is 121 Å². The quantitative estimate of drug-likeness (QED) is 0.584. The summed E-state index contributed by atoms with van der Waals surface area (Å²) in [4.78, 5) is 32.4. The molecule has 0 saturated heterocycles. The van der Waals surface area contributed by atoms with Crippen LogP contribution in [0.4, 0.5) is 0 Å². The van der Waals surface area contributed by atoms with Crippen LogP contribution in [-0.2, 0) is 37.2 Å². The third kappa shape index (κ3) is 3.44. The van der Waals surface area contributed by atoms with E-state index in [9.17, 15) is 18.0 Å². The van der Waals surface area contributed by atoms with Gasteiger partial charge in [-0.25, -0.2) is 22.9 Å². The Morgan fingerprint density at radius 1 is 1.12 bits per heavy atom. The smallest absolute Gasteiger partial charge is 0.324 e. The molecule has 0 unspecified atom stereocenters. The fourth-order valence-corrected chi connectivity index (χ4v) is 3.49. The number of imidazole rings is 1. The number of fused-ring (bicyclic) bond motifs is 1. The Labute approximate surface area is 148 Å². The Kier molecular flexibility index (Phi) is 4.74. The van der Waals surface area contributed by atoms with E-state index in [-0.39, 0.29) is 30.0 Å². The number of pyridine rings is 1. The van der Waals surface area contributed by atoms with Crippen molar-refractivity contribution in [3.8, 4) is 0 Å². The van der Waals surface area contributed by atoms with Gasteiger partial charge in [-0.1, -0.05) is 6.07 Å². The molecule has 0 aromatic carbocycles. The predicted octanol–water partition coefficient (Wildman–Crippen LogP) is -1.05. The van der Waals surface area contributed by atoms with Crippen molar-refractivity contribution in [2.75, 3.05) is 5.75 Å². The largest absolute Gasteiger partial charge is 0.332 e. The van der Waals surface area contributed by atoms with Crippen molar-refractivity contribution in [1.82, 2.24) is 28.4 Å². The van der Waals surface area contributed by atoms with E-state index >= 15 is 0 Å². The van der Waals surface area contributed by atoms with Crippen molar-refractivity contribution in [1.29, 1.82) is 0 Å². The van der Waals surface area contributed by atoms with E-state index in [2.05, 4.69) is 14.7 Å². The SMILES string of the molecule is Cn1c(=O)c2c(ncn2CCS(=O)(=O)NCc2ccccn2)n(C)c1=O. The van der Waals surface area contributed by atoms with Gasteiger partial charge < -0.3 is 4.57 Å². The minimum atomic E-state index is -3.58. The summed E-state index contributed by atoms with van der Waals surface area (Å²) in [5.41, 5.74) is 0.0105. The van der Waals surface area contributed by atoms with Gasteiger partial charge in [0, 0.05) is 26.8 Å². The molecule has 138 valence electrons. The van der Waals surface area contributed by atoms with Gasteiger partial charge in [-0.3, -0.25) is 18.9 Å². The van der Waals surface area contributed by atoms with Crippen LogP contribution >= 0.6 is 0 Å². The van der Waals surface area contributed by atoms with Crippen LogP contribution in [0.2, 0.25) is 0 Å². The maximum Gasteiger partial charge on any atom is 0.332 e. The zero-order chi connectivity index (χ0) is 18.9. The standard InChI is InChI=1S/C15H18N6O4S/c1-19-13-12(14(22)20(2)15(19)23)21(10-17-13)7-8-26(24,25)18-9-11-5-3-4-6-16-11/h3-6,10,18H,7-9H2,1-2H3. The third-order valence-corrected chi connectivity index (χ3v) is 5.32. The Bertz CT molecular complexity index is 1160. The fraction of sp³-hybridized carbons (Fsp3) is 0.333. The van der Waals surface area contributed by atoms with Crippen molar-refractivity contribution >= 4 is 21.2 Å². The van der Waals surface area contributed by atoms with Crippen LogP contribution in [0.3, 0.4) is 0 Å². The van der Waals surface area contributed by atoms with Gasteiger partial charge in [0.1, 0.15) is 0 Å². The average molecular weight is 378 g/mol. The highest BCUT2D eigenvalue weighted by molar-refractivity contribution is 7.89. The molecule has 26 heavy (non-hydrogen) atoms. The highest BCUT2D eigenvalue weighted by Crippen LogP contribution is 2.06. The molecule has 0 aliphatic heterocycles. The molecule has 1 N–H and O–H groups in total. The van der Waals surface area contributed by atoms with E-state index in [1.165, 1.54) is 29.6 Å². The first-order chi connectivity index (χ1) is 12.3. The predicted molar refractivity (Wildman–Crippen MR) is 95.1 cm³/mol. The first-order valence-electron chi connectivity index (χ1n) is 7.78. The minimum Gasteiger partial charge on any atom is -0.324 e. The Morgan fingerprint density at radius 2 is 1.88 bits per heavy atom. The molecule has 0 aliphatic rings. The number of sulfonamides is 1. The molecule has 0 radical (unpaired) electrons. The van der Waals surface area contributed by atoms with E-state index in [4.69, 9.17) is 0 Å². The number of aromatic nitrogens is 5. The van der Waals surface area contributed by atoms with Gasteiger partial charge in [-0.15, -0.1) is 0 Å². The summed E-state index contributed by atoms with van der Waals surface area (Å²) in [6.07, 6.45) is 2.95. The van der Waals surface area contributed by atoms with Crippen LogP contribution in [-0.4, -0.2) is 37.8 Å². The summed E-state index contributed by atoms with van der Waals surface area (Å²) in [6, 6.07) is 5.24. The first-order valence-corrected chi connectivity index (χ1v) is 9.43. The molecule has 3 rings (SSSR count). The molecule has 0 bridgehead atoms. The molecule has 3 aromatic rings. The third-order valence-electron chi connectivity index (χ3n) is 4.02. The molecule has 10 nitrogen and oxygen atoms in total. The van der Waals surface area contributed by atoms with E-state index in [0.717, 1.165) is 4.57 Å². The lowest BCUT2D eigenvalue weighted by molar-refractivity contribution is 0.574. The summed E-state index contributed by atoms with van der Waals surface area (Å²) >= 11 is 0. The van der Waals surface area contributed by atoms with Gasteiger partial charge in [0.15, 0.2) is 11.2 Å². The summed E-state index contributed by atoms with van der Waals surface area (Å²) in [7, 11) is -0.708. The van der Waals surface area contributed by atoms with Crippen molar-refractivity contribution in [2.24, 2.45) is 14.1 Å². The zero-order valence-corrected chi connectivity index (χ0v) is 15.1. The van der Waals surface area contributed by atoms with Crippen LogP contribution in [0.15, 0.2) is 40.3 Å². The number of nitrogens with one attached hydrogen (secondary N) is 1. The van der Waals surface area contributed by atoms with Crippen LogP contribution in [0.1, 0.15) is 5.69 Å². The molecule has 3 aromatic heterocycles. The Balaban J connectivity index is 1.79. The van der Waals surface area contributed by atoms with Crippen molar-refractivity contribution in [3.05, 3.63) is 57.3 Å². The summed E-state index contributed by atoms with van der Waals surface area (Å²) in [6.45, 7) is 0.117. The lowest BCUT2D eigenvalue weighted by atomic mass is 10.4. The van der Waals surface area contributed by atoms with Gasteiger partial charge in [-0.05, 0) is 12.1 Å². The number of hydrogen-bond acceptors (Lipinski definition) is 6. The molecular formula is C15H18N6O4S. The fourth-order valence-electron chi connectivity index (χ4n) is 2.54. The number of hydrogen-bond donors (Lipinski definition) is 1. The van der Waals surface area contributed by atoms with Crippen molar-refractivity contribution in [3.63, 3.8) is 0 Å². The second-order valence-corrected chi connectivity index (χ2v) is 7.70. The molecule has 0 aliphatic carbocycles. The van der Waals surface area contributed by atoms with Gasteiger partial charge in [0.25, 0.3) is 5.56 Å². The monoisotopic (exact) mass is 378 g/mol. The Morgan fingerprint density at radius 3 is 2.58 bits per heavy atom. The minimum absolute atomic E-state index is 0.0293. The maximum atomic E-state index is 12.3. The van der Waals surface area contributed by atoms with E-state index < -0.39 is 21.3 Å². The van der Waals surface area contributed by atoms with Gasteiger partial charge in [0.2, 0.25) is 10.0 Å². The van der Waals surface area contributed by atoms with Crippen LogP contribution < -0.4 is 16.0 Å². The number of aryl methyl sites for hydroxylation is 2. The highest BCUT2D eigenvalue weighted by atomic mass is 32.2. The molecule has 0 amide bonds. The van der Waals surface area contributed by atoms with Crippen molar-refractivity contribution < 1.29 is 8.42 Å². The second kappa shape index (κ2) is 6.84. The molecule has 0 saturated carbocycles. The lowest BCUT2D eigenvalue weighted by Crippen LogP contribution is -2.37. The zero-order valence-electron chi connectivity index (χ0n) is 14.3. The van der Waals surface area contributed by atoms with E-state index in [1.54, 1.807) is 24.4 Å². The van der Waals surface area contributed by atoms with Gasteiger partial charge >= 0.3 is 5.69 Å². The lowest BCUT2D eigenvalue weighted by Gasteiger charge is -2.08. The van der Waals surface area contributed by atoms with E-state index in [1.807, 2.05) is 0 Å². The van der Waals surface area contributed by atoms with Crippen LogP contribution in [0, 0.1) is 0 Å². The van der Waals surface area contributed by atoms with Gasteiger partial charge in [-0.2, -0.15) is 0 Å². The highest BCUT2D eigenvalue weighted by Gasteiger charge is 2.16.